The number of ketones is 1. The molecule has 0 saturated carbocycles. The van der Waals surface area contributed by atoms with E-state index < -0.39 is 6.10 Å². The van der Waals surface area contributed by atoms with Crippen molar-refractivity contribution in [2.24, 2.45) is 0 Å². The molecule has 4 N–H and O–H groups in total. The van der Waals surface area contributed by atoms with Crippen molar-refractivity contribution in [2.75, 3.05) is 28.6 Å². The molecular formula is C27H26N6O2. The number of carbonyl (C=O) groups excluding carboxylic acids is 1. The van der Waals surface area contributed by atoms with Crippen LogP contribution >= 0.6 is 0 Å². The third kappa shape index (κ3) is 4.02. The van der Waals surface area contributed by atoms with Crippen LogP contribution in [0, 0.1) is 0 Å². The number of nitrogens with zero attached hydrogens (tertiary/aromatic N) is 3. The maximum Gasteiger partial charge on any atom is 0.215 e. The quantitative estimate of drug-likeness (QED) is 0.340. The Balaban J connectivity index is 1.22. The minimum Gasteiger partial charge on any atom is -0.378 e. The number of anilines is 3. The summed E-state index contributed by atoms with van der Waals surface area (Å²) in [6, 6.07) is 19.8. The van der Waals surface area contributed by atoms with Gasteiger partial charge in [0.25, 0.3) is 0 Å². The van der Waals surface area contributed by atoms with E-state index in [-0.39, 0.29) is 5.78 Å². The van der Waals surface area contributed by atoms with Crippen molar-refractivity contribution in [2.45, 2.75) is 24.9 Å². The van der Waals surface area contributed by atoms with Crippen LogP contribution in [0.4, 0.5) is 17.2 Å². The summed E-state index contributed by atoms with van der Waals surface area (Å²) in [6.07, 6.45) is 4.53. The molecule has 4 aromatic rings. The van der Waals surface area contributed by atoms with Gasteiger partial charge in [-0.3, -0.25) is 4.79 Å². The Kier molecular flexibility index (Phi) is 5.42. The number of aliphatic hydroxyl groups excluding tert-OH is 1. The highest BCUT2D eigenvalue weighted by atomic mass is 16.3. The van der Waals surface area contributed by atoms with Gasteiger partial charge < -0.3 is 25.6 Å². The second-order valence-electron chi connectivity index (χ2n) is 9.02. The van der Waals surface area contributed by atoms with E-state index in [1.807, 2.05) is 54.7 Å². The minimum atomic E-state index is -1.13. The third-order valence-corrected chi connectivity index (χ3v) is 6.77. The average molecular weight is 467 g/mol. The highest BCUT2D eigenvalue weighted by Crippen LogP contribution is 2.34. The second-order valence-corrected chi connectivity index (χ2v) is 9.02. The summed E-state index contributed by atoms with van der Waals surface area (Å²) in [4.78, 5) is 26.8. The highest BCUT2D eigenvalue weighted by Gasteiger charge is 2.38. The molecule has 8 heteroatoms. The molecule has 0 amide bonds. The molecule has 1 saturated heterocycles. The number of nitrogens with one attached hydrogen (secondary N) is 3. The predicted molar refractivity (Wildman–Crippen MR) is 136 cm³/mol. The summed E-state index contributed by atoms with van der Waals surface area (Å²) >= 11 is 0. The van der Waals surface area contributed by atoms with Crippen molar-refractivity contribution in [3.8, 4) is 0 Å². The van der Waals surface area contributed by atoms with Crippen LogP contribution in [-0.4, -0.2) is 45.0 Å². The lowest BCUT2D eigenvalue weighted by molar-refractivity contribution is -0.124. The average Bonchev–Trinajstić information content (AvgIpc) is 3.40. The first kappa shape index (κ1) is 21.4. The van der Waals surface area contributed by atoms with Gasteiger partial charge in [0, 0.05) is 36.6 Å². The van der Waals surface area contributed by atoms with Crippen molar-refractivity contribution < 1.29 is 9.90 Å². The van der Waals surface area contributed by atoms with E-state index in [1.165, 1.54) is 5.56 Å². The van der Waals surface area contributed by atoms with E-state index in [2.05, 4.69) is 42.6 Å². The molecule has 1 aliphatic heterocycles. The molecule has 8 nitrogen and oxygen atoms in total. The van der Waals surface area contributed by atoms with Gasteiger partial charge in [0.2, 0.25) is 5.78 Å². The number of aromatic nitrogens is 3. The van der Waals surface area contributed by atoms with Crippen LogP contribution in [-0.2, 0) is 4.79 Å². The number of aromatic amines is 1. The molecule has 35 heavy (non-hydrogen) atoms. The summed E-state index contributed by atoms with van der Waals surface area (Å²) < 4.78 is 0. The van der Waals surface area contributed by atoms with Crippen LogP contribution in [0.5, 0.6) is 0 Å². The number of para-hydroxylation sites is 1. The van der Waals surface area contributed by atoms with Crippen LogP contribution in [0.15, 0.2) is 84.6 Å². The Hall–Kier alpha value is -4.17. The van der Waals surface area contributed by atoms with E-state index in [1.54, 1.807) is 6.33 Å². The number of rotatable bonds is 6. The van der Waals surface area contributed by atoms with Crippen LogP contribution in [0.25, 0.3) is 11.0 Å². The number of benzene rings is 2. The van der Waals surface area contributed by atoms with Gasteiger partial charge in [-0.25, -0.2) is 9.97 Å². The normalized spacial score (nSPS) is 20.1. The van der Waals surface area contributed by atoms with Gasteiger partial charge in [-0.05, 0) is 48.7 Å². The van der Waals surface area contributed by atoms with Crippen LogP contribution in [0.3, 0.4) is 0 Å². The van der Waals surface area contributed by atoms with E-state index in [9.17, 15) is 9.90 Å². The van der Waals surface area contributed by atoms with E-state index in [4.69, 9.17) is 0 Å². The van der Waals surface area contributed by atoms with Crippen LogP contribution < -0.4 is 15.5 Å². The molecular weight excluding hydrogens is 440 g/mol. The molecule has 6 rings (SSSR count). The van der Waals surface area contributed by atoms with Gasteiger partial charge in [-0.1, -0.05) is 30.3 Å². The van der Waals surface area contributed by atoms with Crippen molar-refractivity contribution in [1.29, 1.82) is 0 Å². The zero-order chi connectivity index (χ0) is 23.8. The van der Waals surface area contributed by atoms with Crippen LogP contribution in [0.1, 0.15) is 24.3 Å². The SMILES string of the molecule is O=C1C(Nc2cccc(C3CCCN(c4ncnc5[nH]ccc45)C3)c2)=C(Nc2ccccc2)C1O. The first-order chi connectivity index (χ1) is 17.2. The molecule has 2 aromatic heterocycles. The van der Waals surface area contributed by atoms with Crippen molar-refractivity contribution in [3.05, 3.63) is 90.1 Å². The maximum atomic E-state index is 12.4. The lowest BCUT2D eigenvalue weighted by Gasteiger charge is -2.34. The first-order valence-corrected chi connectivity index (χ1v) is 11.9. The fraction of sp³-hybridized carbons (Fsp3) is 0.222. The lowest BCUT2D eigenvalue weighted by Crippen LogP contribution is -2.43. The summed E-state index contributed by atoms with van der Waals surface area (Å²) in [5, 5.41) is 17.7. The lowest BCUT2D eigenvalue weighted by atomic mass is 9.90. The fourth-order valence-corrected chi connectivity index (χ4v) is 4.96. The maximum absolute atomic E-state index is 12.4. The smallest absolute Gasteiger partial charge is 0.215 e. The highest BCUT2D eigenvalue weighted by molar-refractivity contribution is 6.11. The Morgan fingerprint density at radius 3 is 2.74 bits per heavy atom. The Morgan fingerprint density at radius 1 is 1.00 bits per heavy atom. The zero-order valence-corrected chi connectivity index (χ0v) is 19.1. The van der Waals surface area contributed by atoms with E-state index in [0.29, 0.717) is 17.3 Å². The Morgan fingerprint density at radius 2 is 1.86 bits per heavy atom. The molecule has 3 heterocycles. The summed E-state index contributed by atoms with van der Waals surface area (Å²) in [5.74, 6) is 0.996. The number of piperidine rings is 1. The number of H-pyrrole nitrogens is 1. The summed E-state index contributed by atoms with van der Waals surface area (Å²) in [5.41, 5.74) is 4.62. The number of carbonyl (C=O) groups is 1. The molecule has 2 unspecified atom stereocenters. The van der Waals surface area contributed by atoms with Crippen molar-refractivity contribution in [3.63, 3.8) is 0 Å². The number of hydrogen-bond acceptors (Lipinski definition) is 7. The second kappa shape index (κ2) is 8.88. The topological polar surface area (TPSA) is 106 Å². The number of Topliss-reactive ketones (excluding diaryl/α,β-unsaturated/α-hetero) is 1. The Bertz CT molecular complexity index is 1410. The summed E-state index contributed by atoms with van der Waals surface area (Å²) in [6.45, 7) is 1.82. The molecule has 0 bridgehead atoms. The fourth-order valence-electron chi connectivity index (χ4n) is 4.96. The standard InChI is InChI=1S/C27H26N6O2/c34-24-22(31-19-8-2-1-3-9-19)23(25(24)35)32-20-10-4-6-17(14-20)18-7-5-13-33(15-18)27-21-11-12-28-26(21)29-16-30-27/h1-4,6,8-12,14,16,18,24,31-32,34H,5,7,13,15H2,(H,28,29,30). The molecule has 1 aliphatic carbocycles. The van der Waals surface area contributed by atoms with Crippen LogP contribution in [0.2, 0.25) is 0 Å². The number of aliphatic hydroxyl groups is 1. The van der Waals surface area contributed by atoms with Gasteiger partial charge in [-0.15, -0.1) is 0 Å². The van der Waals surface area contributed by atoms with Crippen molar-refractivity contribution in [1.82, 2.24) is 15.0 Å². The number of fused-ring (bicyclic) bond motifs is 1. The zero-order valence-electron chi connectivity index (χ0n) is 19.1. The number of hydrogen-bond donors (Lipinski definition) is 4. The third-order valence-electron chi connectivity index (χ3n) is 6.77. The van der Waals surface area contributed by atoms with Gasteiger partial charge in [0.1, 0.15) is 23.5 Å². The van der Waals surface area contributed by atoms with Gasteiger partial charge in [-0.2, -0.15) is 0 Å². The Labute approximate surface area is 202 Å². The minimum absolute atomic E-state index is 0.308. The van der Waals surface area contributed by atoms with Gasteiger partial charge >= 0.3 is 0 Å². The van der Waals surface area contributed by atoms with E-state index >= 15 is 0 Å². The molecule has 0 radical (unpaired) electrons. The molecule has 176 valence electrons. The molecule has 2 atom stereocenters. The predicted octanol–water partition coefficient (Wildman–Crippen LogP) is 4.02. The molecule has 2 aromatic carbocycles. The molecule has 2 aliphatic rings. The monoisotopic (exact) mass is 466 g/mol. The van der Waals surface area contributed by atoms with Gasteiger partial charge in [0.05, 0.1) is 11.1 Å². The summed E-state index contributed by atoms with van der Waals surface area (Å²) in [7, 11) is 0. The largest absolute Gasteiger partial charge is 0.378 e. The molecule has 0 spiro atoms. The van der Waals surface area contributed by atoms with E-state index in [0.717, 1.165) is 54.2 Å². The van der Waals surface area contributed by atoms with Crippen molar-refractivity contribution >= 4 is 34.0 Å². The van der Waals surface area contributed by atoms with Gasteiger partial charge in [0.15, 0.2) is 6.10 Å². The first-order valence-electron chi connectivity index (χ1n) is 11.9. The molecule has 1 fully saturated rings.